The van der Waals surface area contributed by atoms with E-state index in [1.54, 1.807) is 13.2 Å². The molecule has 1 rings (SSSR count). The second-order valence-corrected chi connectivity index (χ2v) is 3.74. The smallest absolute Gasteiger partial charge is 0.261 e. The van der Waals surface area contributed by atoms with Crippen LogP contribution in [-0.2, 0) is 10.1 Å². The molecule has 0 aromatic carbocycles. The van der Waals surface area contributed by atoms with E-state index in [0.29, 0.717) is 6.26 Å². The number of aryl methyl sites for hydroxylation is 1. The van der Waals surface area contributed by atoms with Gasteiger partial charge in [-0.1, -0.05) is 0 Å². The van der Waals surface area contributed by atoms with Gasteiger partial charge in [0.25, 0.3) is 10.1 Å². The molecule has 84 valence electrons. The fraction of sp³-hybridized carbons (Fsp3) is 0.500. The Bertz CT molecular complexity index is 280. The first-order valence-corrected chi connectivity index (χ1v) is 5.69. The van der Waals surface area contributed by atoms with E-state index in [4.69, 9.17) is 14.1 Å². The lowest BCUT2D eigenvalue weighted by molar-refractivity contribution is 0.318. The monoisotopic (exact) mass is 224 g/mol. The minimum absolute atomic E-state index is 0.250. The number of aliphatic hydroxyl groups is 1. The molecule has 0 aliphatic rings. The summed E-state index contributed by atoms with van der Waals surface area (Å²) in [6.07, 6.45) is 2.38. The van der Waals surface area contributed by atoms with Gasteiger partial charge in [0, 0.05) is 6.61 Å². The lowest BCUT2D eigenvalue weighted by atomic mass is 10.5. The van der Waals surface area contributed by atoms with Crippen molar-refractivity contribution in [1.29, 1.82) is 0 Å². The molecular weight excluding hydrogens is 208 g/mol. The first-order chi connectivity index (χ1) is 6.31. The van der Waals surface area contributed by atoms with Crippen molar-refractivity contribution in [3.63, 3.8) is 0 Å². The Morgan fingerprint density at radius 2 is 1.86 bits per heavy atom. The Morgan fingerprint density at radius 3 is 1.93 bits per heavy atom. The van der Waals surface area contributed by atoms with E-state index < -0.39 is 10.1 Å². The van der Waals surface area contributed by atoms with Crippen molar-refractivity contribution >= 4 is 10.1 Å². The number of hydrogen-bond donors (Lipinski definition) is 2. The van der Waals surface area contributed by atoms with Gasteiger partial charge in [-0.05, 0) is 26.0 Å². The van der Waals surface area contributed by atoms with Crippen LogP contribution in [0.5, 0.6) is 0 Å². The van der Waals surface area contributed by atoms with Crippen LogP contribution in [0.25, 0.3) is 0 Å². The second kappa shape index (κ2) is 8.74. The first-order valence-electron chi connectivity index (χ1n) is 3.84. The summed E-state index contributed by atoms with van der Waals surface area (Å²) in [7, 11) is -3.67. The molecule has 0 fully saturated rings. The molecule has 0 unspecified atom stereocenters. The number of rotatable bonds is 0. The van der Waals surface area contributed by atoms with Crippen molar-refractivity contribution in [2.24, 2.45) is 0 Å². The summed E-state index contributed by atoms with van der Waals surface area (Å²) in [5.41, 5.74) is 0. The first kappa shape index (κ1) is 15.6. The number of furan rings is 1. The van der Waals surface area contributed by atoms with E-state index in [-0.39, 0.29) is 6.61 Å². The third kappa shape index (κ3) is 30.4. The summed E-state index contributed by atoms with van der Waals surface area (Å²) in [6.45, 7) is 3.85. The van der Waals surface area contributed by atoms with E-state index in [0.717, 1.165) is 5.76 Å². The average molecular weight is 224 g/mol. The summed E-state index contributed by atoms with van der Waals surface area (Å²) in [5, 5.41) is 7.57. The normalized spacial score (nSPS) is 9.21. The summed E-state index contributed by atoms with van der Waals surface area (Å²) in [6, 6.07) is 3.79. The molecule has 1 aromatic rings. The van der Waals surface area contributed by atoms with Crippen LogP contribution in [0.15, 0.2) is 22.8 Å². The third-order valence-electron chi connectivity index (χ3n) is 0.663. The molecule has 2 N–H and O–H groups in total. The quantitative estimate of drug-likeness (QED) is 0.644. The van der Waals surface area contributed by atoms with Crippen LogP contribution in [-0.4, -0.2) is 30.9 Å². The van der Waals surface area contributed by atoms with Gasteiger partial charge in [-0.15, -0.1) is 0 Å². The summed E-state index contributed by atoms with van der Waals surface area (Å²) >= 11 is 0. The maximum atomic E-state index is 9.19. The third-order valence-corrected chi connectivity index (χ3v) is 0.663. The highest BCUT2D eigenvalue weighted by molar-refractivity contribution is 7.85. The van der Waals surface area contributed by atoms with Gasteiger partial charge in [-0.3, -0.25) is 4.55 Å². The average Bonchev–Trinajstić information content (AvgIpc) is 2.37. The van der Waals surface area contributed by atoms with Gasteiger partial charge in [0.2, 0.25) is 0 Å². The Kier molecular flexibility index (Phi) is 9.74. The van der Waals surface area contributed by atoms with Crippen LogP contribution in [0, 0.1) is 6.92 Å². The zero-order valence-electron chi connectivity index (χ0n) is 8.47. The van der Waals surface area contributed by atoms with Gasteiger partial charge in [0.1, 0.15) is 5.76 Å². The molecule has 6 heteroatoms. The Hall–Kier alpha value is -0.850. The van der Waals surface area contributed by atoms with Crippen molar-refractivity contribution in [2.45, 2.75) is 13.8 Å². The van der Waals surface area contributed by atoms with Gasteiger partial charge in [0.15, 0.2) is 0 Å². The Labute approximate surface area is 84.1 Å². The van der Waals surface area contributed by atoms with Crippen LogP contribution in [0.1, 0.15) is 12.7 Å². The van der Waals surface area contributed by atoms with Crippen LogP contribution in [0.3, 0.4) is 0 Å². The largest absolute Gasteiger partial charge is 0.470 e. The molecular formula is C8H16O5S. The van der Waals surface area contributed by atoms with Crippen molar-refractivity contribution < 1.29 is 22.5 Å². The van der Waals surface area contributed by atoms with E-state index in [1.165, 1.54) is 0 Å². The minimum Gasteiger partial charge on any atom is -0.470 e. The second-order valence-electron chi connectivity index (χ2n) is 2.27. The molecule has 0 amide bonds. The Balaban J connectivity index is 0. The number of hydrogen-bond acceptors (Lipinski definition) is 4. The van der Waals surface area contributed by atoms with Crippen LogP contribution in [0.2, 0.25) is 0 Å². The standard InChI is InChI=1S/C5H6O.C2H6O.CH4O3S/c1-5-3-2-4-6-5;1-2-3;1-5(2,3)4/h2-4H,1H3;3H,2H2,1H3;1H3,(H,2,3,4). The van der Waals surface area contributed by atoms with Crippen molar-refractivity contribution in [2.75, 3.05) is 12.9 Å². The lowest BCUT2D eigenvalue weighted by Crippen LogP contribution is -1.88. The van der Waals surface area contributed by atoms with E-state index in [2.05, 4.69) is 0 Å². The van der Waals surface area contributed by atoms with Gasteiger partial charge in [-0.2, -0.15) is 8.42 Å². The summed E-state index contributed by atoms with van der Waals surface area (Å²) < 4.78 is 30.7. The highest BCUT2D eigenvalue weighted by Gasteiger charge is 1.81. The van der Waals surface area contributed by atoms with Crippen LogP contribution >= 0.6 is 0 Å². The summed E-state index contributed by atoms with van der Waals surface area (Å²) in [4.78, 5) is 0. The molecule has 0 aliphatic carbocycles. The van der Waals surface area contributed by atoms with E-state index in [9.17, 15) is 8.42 Å². The molecule has 5 nitrogen and oxygen atoms in total. The molecule has 14 heavy (non-hydrogen) atoms. The van der Waals surface area contributed by atoms with Crippen molar-refractivity contribution in [1.82, 2.24) is 0 Å². The zero-order valence-corrected chi connectivity index (χ0v) is 9.28. The zero-order chi connectivity index (χ0) is 11.6. The van der Waals surface area contributed by atoms with Gasteiger partial charge in [0.05, 0.1) is 12.5 Å². The Morgan fingerprint density at radius 1 is 1.50 bits per heavy atom. The molecule has 0 bridgehead atoms. The van der Waals surface area contributed by atoms with Crippen molar-refractivity contribution in [3.05, 3.63) is 24.2 Å². The van der Waals surface area contributed by atoms with Gasteiger partial charge < -0.3 is 9.52 Å². The van der Waals surface area contributed by atoms with E-state index >= 15 is 0 Å². The topological polar surface area (TPSA) is 87.7 Å². The molecule has 0 aliphatic heterocycles. The summed E-state index contributed by atoms with van der Waals surface area (Å²) in [5.74, 6) is 0.968. The lowest BCUT2D eigenvalue weighted by Gasteiger charge is -1.69. The molecule has 0 saturated carbocycles. The molecule has 0 saturated heterocycles. The molecule has 0 radical (unpaired) electrons. The fourth-order valence-corrected chi connectivity index (χ4v) is 0.361. The van der Waals surface area contributed by atoms with Gasteiger partial charge in [-0.25, -0.2) is 0 Å². The highest BCUT2D eigenvalue weighted by Crippen LogP contribution is 1.93. The fourth-order valence-electron chi connectivity index (χ4n) is 0.361. The maximum Gasteiger partial charge on any atom is 0.261 e. The molecule has 0 spiro atoms. The maximum absolute atomic E-state index is 9.19. The van der Waals surface area contributed by atoms with Crippen LogP contribution < -0.4 is 0 Å². The molecule has 1 heterocycles. The van der Waals surface area contributed by atoms with Crippen molar-refractivity contribution in [3.8, 4) is 0 Å². The minimum atomic E-state index is -3.67. The molecule has 0 atom stereocenters. The van der Waals surface area contributed by atoms with Gasteiger partial charge >= 0.3 is 0 Å². The predicted octanol–water partition coefficient (Wildman–Crippen LogP) is 1.09. The highest BCUT2D eigenvalue weighted by atomic mass is 32.2. The van der Waals surface area contributed by atoms with Crippen LogP contribution in [0.4, 0.5) is 0 Å². The predicted molar refractivity (Wildman–Crippen MR) is 53.7 cm³/mol. The van der Waals surface area contributed by atoms with E-state index in [1.807, 2.05) is 19.1 Å². The number of aliphatic hydroxyl groups excluding tert-OH is 1. The molecule has 1 aromatic heterocycles. The SMILES string of the molecule is CCO.CS(=O)(=O)O.Cc1ccco1.